The van der Waals surface area contributed by atoms with Crippen LogP contribution < -0.4 is 4.31 Å². The van der Waals surface area contributed by atoms with Crippen molar-refractivity contribution in [3.8, 4) is 10.8 Å². The quantitative estimate of drug-likeness (QED) is 0.524. The molecular formula is C14H10F5N5O3S2. The van der Waals surface area contributed by atoms with E-state index in [9.17, 15) is 30.4 Å². The summed E-state index contributed by atoms with van der Waals surface area (Å²) < 4.78 is 93.5. The van der Waals surface area contributed by atoms with Crippen molar-refractivity contribution in [2.45, 2.75) is 19.1 Å². The second kappa shape index (κ2) is 7.62. The van der Waals surface area contributed by atoms with E-state index in [1.165, 1.54) is 6.20 Å². The smallest absolute Gasteiger partial charge is 0.414 e. The van der Waals surface area contributed by atoms with Crippen LogP contribution in [0.4, 0.5) is 27.6 Å². The molecule has 0 aromatic carbocycles. The Morgan fingerprint density at radius 1 is 1.21 bits per heavy atom. The highest BCUT2D eigenvalue weighted by Gasteiger charge is 2.32. The number of halogens is 5. The summed E-state index contributed by atoms with van der Waals surface area (Å²) in [7, 11) is -4.00. The summed E-state index contributed by atoms with van der Waals surface area (Å²) in [5.74, 6) is -1.13. The third-order valence-electron chi connectivity index (χ3n) is 3.41. The molecule has 3 rings (SSSR count). The average molecular weight is 455 g/mol. The molecule has 0 amide bonds. The zero-order chi connectivity index (χ0) is 21.4. The van der Waals surface area contributed by atoms with E-state index in [0.29, 0.717) is 16.6 Å². The molecule has 3 aromatic heterocycles. The number of rotatable bonds is 6. The topological polar surface area (TPSA) is 102 Å². The Morgan fingerprint density at radius 2 is 1.93 bits per heavy atom. The number of nitrogens with zero attached hydrogens (tertiary/aromatic N) is 5. The summed E-state index contributed by atoms with van der Waals surface area (Å²) in [5.41, 5.74) is -1.43. The van der Waals surface area contributed by atoms with Crippen LogP contribution in [0.5, 0.6) is 0 Å². The van der Waals surface area contributed by atoms with Gasteiger partial charge in [-0.15, -0.1) is 21.5 Å². The molecule has 3 aromatic rings. The van der Waals surface area contributed by atoms with E-state index < -0.39 is 40.6 Å². The minimum atomic E-state index is -4.71. The third-order valence-corrected chi connectivity index (χ3v) is 5.52. The molecule has 0 bridgehead atoms. The number of anilines is 1. The SMILES string of the molecule is CS(=O)(=O)N(Cc1ncc(-c2nnc(C(F)F)o2)s1)c1cncc(C(F)(F)F)c1. The Balaban J connectivity index is 1.90. The normalized spacial score (nSPS) is 12.5. The fraction of sp³-hybridized carbons (Fsp3) is 0.286. The fourth-order valence-corrected chi connectivity index (χ4v) is 3.90. The maximum Gasteiger partial charge on any atom is 0.417 e. The van der Waals surface area contributed by atoms with Gasteiger partial charge in [0, 0.05) is 6.20 Å². The van der Waals surface area contributed by atoms with E-state index in [1.54, 1.807) is 0 Å². The highest BCUT2D eigenvalue weighted by Crippen LogP contribution is 2.33. The van der Waals surface area contributed by atoms with Crippen molar-refractivity contribution in [1.82, 2.24) is 20.2 Å². The molecule has 0 aliphatic heterocycles. The molecule has 0 spiro atoms. The van der Waals surface area contributed by atoms with E-state index in [1.807, 2.05) is 0 Å². The first-order valence-corrected chi connectivity index (χ1v) is 10.2. The minimum absolute atomic E-state index is 0.152. The van der Waals surface area contributed by atoms with Gasteiger partial charge < -0.3 is 4.42 Å². The van der Waals surface area contributed by atoms with Gasteiger partial charge in [-0.2, -0.15) is 22.0 Å². The maximum absolute atomic E-state index is 12.9. The summed E-state index contributed by atoms with van der Waals surface area (Å²) >= 11 is 0.859. The first-order chi connectivity index (χ1) is 13.4. The summed E-state index contributed by atoms with van der Waals surface area (Å²) in [6.45, 7) is -0.414. The lowest BCUT2D eigenvalue weighted by Gasteiger charge is -2.21. The van der Waals surface area contributed by atoms with E-state index in [-0.39, 0.29) is 21.5 Å². The summed E-state index contributed by atoms with van der Waals surface area (Å²) in [6, 6.07) is 0.648. The van der Waals surface area contributed by atoms with Crippen molar-refractivity contribution in [2.75, 3.05) is 10.6 Å². The number of pyridine rings is 1. The van der Waals surface area contributed by atoms with Crippen molar-refractivity contribution in [2.24, 2.45) is 0 Å². The molecule has 0 saturated heterocycles. The molecule has 29 heavy (non-hydrogen) atoms. The summed E-state index contributed by atoms with van der Waals surface area (Å²) in [6.07, 6.45) is -4.11. The lowest BCUT2D eigenvalue weighted by Crippen LogP contribution is -2.29. The lowest BCUT2D eigenvalue weighted by molar-refractivity contribution is -0.137. The molecule has 0 N–H and O–H groups in total. The van der Waals surface area contributed by atoms with Crippen LogP contribution in [0.1, 0.15) is 22.9 Å². The molecule has 8 nitrogen and oxygen atoms in total. The van der Waals surface area contributed by atoms with Crippen LogP contribution in [0.15, 0.2) is 29.1 Å². The average Bonchev–Trinajstić information content (AvgIpc) is 3.27. The van der Waals surface area contributed by atoms with Crippen LogP contribution in [-0.4, -0.2) is 34.8 Å². The Kier molecular flexibility index (Phi) is 5.53. The zero-order valence-corrected chi connectivity index (χ0v) is 15.9. The van der Waals surface area contributed by atoms with Crippen molar-refractivity contribution in [1.29, 1.82) is 0 Å². The molecule has 0 aliphatic rings. The number of aromatic nitrogens is 4. The second-order valence-corrected chi connectivity index (χ2v) is 8.59. The van der Waals surface area contributed by atoms with E-state index in [0.717, 1.165) is 23.8 Å². The van der Waals surface area contributed by atoms with E-state index in [4.69, 9.17) is 4.42 Å². The summed E-state index contributed by atoms with van der Waals surface area (Å²) in [4.78, 5) is 7.59. The Morgan fingerprint density at radius 3 is 2.52 bits per heavy atom. The molecule has 0 saturated carbocycles. The van der Waals surface area contributed by atoms with Gasteiger partial charge in [0.15, 0.2) is 0 Å². The van der Waals surface area contributed by atoms with Gasteiger partial charge in [0.2, 0.25) is 10.0 Å². The zero-order valence-electron chi connectivity index (χ0n) is 14.3. The van der Waals surface area contributed by atoms with Crippen LogP contribution in [0.25, 0.3) is 10.8 Å². The van der Waals surface area contributed by atoms with Crippen molar-refractivity contribution >= 4 is 27.0 Å². The molecule has 0 unspecified atom stereocenters. The van der Waals surface area contributed by atoms with Gasteiger partial charge in [-0.3, -0.25) is 9.29 Å². The molecule has 3 heterocycles. The van der Waals surface area contributed by atoms with Crippen LogP contribution in [-0.2, 0) is 22.7 Å². The van der Waals surface area contributed by atoms with Crippen LogP contribution in [0.2, 0.25) is 0 Å². The molecule has 15 heteroatoms. The first kappa shape index (κ1) is 21.0. The Bertz CT molecular complexity index is 1110. The molecule has 0 fully saturated rings. The van der Waals surface area contributed by atoms with Gasteiger partial charge in [-0.25, -0.2) is 13.4 Å². The number of thiazole rings is 1. The Hall–Kier alpha value is -2.68. The van der Waals surface area contributed by atoms with Crippen LogP contribution in [0, 0.1) is 0 Å². The highest BCUT2D eigenvalue weighted by molar-refractivity contribution is 7.92. The highest BCUT2D eigenvalue weighted by atomic mass is 32.2. The van der Waals surface area contributed by atoms with Crippen molar-refractivity contribution in [3.05, 3.63) is 41.1 Å². The molecular weight excluding hydrogens is 445 g/mol. The summed E-state index contributed by atoms with van der Waals surface area (Å²) in [5, 5.41) is 6.78. The first-order valence-electron chi connectivity index (χ1n) is 7.51. The lowest BCUT2D eigenvalue weighted by atomic mass is 10.2. The number of sulfonamides is 1. The fourth-order valence-electron chi connectivity index (χ4n) is 2.15. The van der Waals surface area contributed by atoms with Crippen molar-refractivity contribution < 1.29 is 34.8 Å². The van der Waals surface area contributed by atoms with Gasteiger partial charge in [-0.1, -0.05) is 0 Å². The standard InChI is InChI=1S/C14H10F5N5O3S2/c1-29(25,26)24(8-2-7(3-20-4-8)14(17,18)19)6-10-21-5-9(28-10)12-22-23-13(27-12)11(15)16/h2-5,11H,6H2,1H3. The third kappa shape index (κ3) is 4.84. The van der Waals surface area contributed by atoms with Crippen molar-refractivity contribution in [3.63, 3.8) is 0 Å². The van der Waals surface area contributed by atoms with Gasteiger partial charge in [0.1, 0.15) is 9.88 Å². The monoisotopic (exact) mass is 455 g/mol. The molecule has 156 valence electrons. The molecule has 0 aliphatic carbocycles. The minimum Gasteiger partial charge on any atom is -0.414 e. The van der Waals surface area contributed by atoms with Gasteiger partial charge in [0.25, 0.3) is 11.8 Å². The predicted molar refractivity (Wildman–Crippen MR) is 90.6 cm³/mol. The largest absolute Gasteiger partial charge is 0.417 e. The number of alkyl halides is 5. The molecule has 0 radical (unpaired) electrons. The Labute approximate surface area is 164 Å². The van der Waals surface area contributed by atoms with Crippen LogP contribution >= 0.6 is 11.3 Å². The second-order valence-electron chi connectivity index (χ2n) is 5.56. The number of hydrogen-bond acceptors (Lipinski definition) is 8. The van der Waals surface area contributed by atoms with E-state index >= 15 is 0 Å². The van der Waals surface area contributed by atoms with Crippen LogP contribution in [0.3, 0.4) is 0 Å². The van der Waals surface area contributed by atoms with Gasteiger partial charge in [0.05, 0.1) is 36.4 Å². The predicted octanol–water partition coefficient (Wildman–Crippen LogP) is 3.51. The maximum atomic E-state index is 12.9. The number of hydrogen-bond donors (Lipinski definition) is 0. The van der Waals surface area contributed by atoms with Gasteiger partial charge >= 0.3 is 12.6 Å². The molecule has 0 atom stereocenters. The van der Waals surface area contributed by atoms with E-state index in [2.05, 4.69) is 20.2 Å². The van der Waals surface area contributed by atoms with Gasteiger partial charge in [-0.05, 0) is 6.07 Å².